The fourth-order valence-corrected chi connectivity index (χ4v) is 4.87. The Kier molecular flexibility index (Phi) is 8.93. The first-order chi connectivity index (χ1) is 18.9. The maximum Gasteiger partial charge on any atom is 0.412 e. The van der Waals surface area contributed by atoms with Crippen LogP contribution in [0.4, 0.5) is 13.2 Å². The third kappa shape index (κ3) is 7.27. The van der Waals surface area contributed by atoms with Crippen LogP contribution in [-0.2, 0) is 17.8 Å². The van der Waals surface area contributed by atoms with Crippen molar-refractivity contribution in [2.24, 2.45) is 11.8 Å². The molecule has 6 nitrogen and oxygen atoms in total. The minimum absolute atomic E-state index is 0.00824. The van der Waals surface area contributed by atoms with Gasteiger partial charge >= 0.3 is 12.1 Å². The monoisotopic (exact) mass is 571 g/mol. The Morgan fingerprint density at radius 1 is 1.10 bits per heavy atom. The summed E-state index contributed by atoms with van der Waals surface area (Å²) in [4.78, 5) is 33.5. The van der Waals surface area contributed by atoms with Crippen molar-refractivity contribution in [2.75, 3.05) is 0 Å². The number of allylic oxidation sites excluding steroid dienone is 4. The van der Waals surface area contributed by atoms with Crippen molar-refractivity contribution in [3.05, 3.63) is 87.7 Å². The Balaban J connectivity index is 1.65. The van der Waals surface area contributed by atoms with E-state index in [4.69, 9.17) is 26.7 Å². The van der Waals surface area contributed by atoms with Crippen molar-refractivity contribution in [2.45, 2.75) is 52.3 Å². The summed E-state index contributed by atoms with van der Waals surface area (Å²) < 4.78 is 40.1. The van der Waals surface area contributed by atoms with Crippen molar-refractivity contribution >= 4 is 40.1 Å². The predicted molar refractivity (Wildman–Crippen MR) is 148 cm³/mol. The number of alkyl halides is 3. The van der Waals surface area contributed by atoms with Crippen LogP contribution in [0.5, 0.6) is 0 Å². The largest absolute Gasteiger partial charge is 0.481 e. The Morgan fingerprint density at radius 2 is 1.82 bits per heavy atom. The zero-order chi connectivity index (χ0) is 29.0. The number of benzene rings is 2. The number of fused-ring (bicyclic) bond motifs is 1. The molecular weight excluding hydrogens is 543 g/mol. The van der Waals surface area contributed by atoms with Crippen molar-refractivity contribution < 1.29 is 27.9 Å². The second-order valence-corrected chi connectivity index (χ2v) is 10.6. The quantitative estimate of drug-likeness (QED) is 0.284. The predicted octanol–water partition coefficient (Wildman–Crippen LogP) is 7.17. The molecule has 1 aliphatic carbocycles. The first kappa shape index (κ1) is 29.3. The Hall–Kier alpha value is -3.72. The van der Waals surface area contributed by atoms with Crippen molar-refractivity contribution in [1.29, 1.82) is 0 Å². The molecule has 0 spiro atoms. The number of hydrogen-bond acceptors (Lipinski definition) is 4. The number of aryl methyl sites for hydroxylation is 1. The molecule has 0 radical (unpaired) electrons. The van der Waals surface area contributed by atoms with E-state index in [1.165, 1.54) is 13.0 Å². The molecule has 10 heteroatoms. The zero-order valence-corrected chi connectivity index (χ0v) is 22.8. The smallest absolute Gasteiger partial charge is 0.412 e. The van der Waals surface area contributed by atoms with Crippen LogP contribution in [0.2, 0.25) is 5.02 Å². The second kappa shape index (κ2) is 12.2. The molecule has 2 atom stereocenters. The minimum atomic E-state index is -4.41. The number of amides is 1. The van der Waals surface area contributed by atoms with E-state index in [9.17, 15) is 22.8 Å². The van der Waals surface area contributed by atoms with Gasteiger partial charge in [0.2, 0.25) is 0 Å². The number of carboxylic acid groups (broad SMARTS) is 1. The van der Waals surface area contributed by atoms with E-state index in [-0.39, 0.29) is 24.7 Å². The van der Waals surface area contributed by atoms with Gasteiger partial charge in [-0.25, -0.2) is 9.97 Å². The van der Waals surface area contributed by atoms with Gasteiger partial charge < -0.3 is 10.4 Å². The van der Waals surface area contributed by atoms with Gasteiger partial charge in [0.25, 0.3) is 5.91 Å². The highest BCUT2D eigenvalue weighted by molar-refractivity contribution is 6.30. The topological polar surface area (TPSA) is 92.2 Å². The second-order valence-electron chi connectivity index (χ2n) is 10.2. The van der Waals surface area contributed by atoms with E-state index in [1.54, 1.807) is 30.3 Å². The van der Waals surface area contributed by atoms with Gasteiger partial charge in [0.15, 0.2) is 0 Å². The normalized spacial score (nSPS) is 16.3. The molecule has 0 saturated heterocycles. The van der Waals surface area contributed by atoms with Gasteiger partial charge in [-0.15, -0.1) is 0 Å². The van der Waals surface area contributed by atoms with Crippen LogP contribution in [0.25, 0.3) is 16.6 Å². The fourth-order valence-electron chi connectivity index (χ4n) is 4.75. The van der Waals surface area contributed by atoms with Crippen LogP contribution in [-0.4, -0.2) is 33.1 Å². The first-order valence-corrected chi connectivity index (χ1v) is 13.3. The van der Waals surface area contributed by atoms with Crippen LogP contribution in [0.3, 0.4) is 0 Å². The number of halogens is 4. The van der Waals surface area contributed by atoms with Gasteiger partial charge in [0.05, 0.1) is 22.4 Å². The molecule has 1 amide bonds. The number of rotatable bonds is 9. The van der Waals surface area contributed by atoms with Crippen molar-refractivity contribution in [3.8, 4) is 0 Å². The van der Waals surface area contributed by atoms with E-state index in [2.05, 4.69) is 5.32 Å². The van der Waals surface area contributed by atoms with Crippen LogP contribution < -0.4 is 5.32 Å². The number of hydrogen-bond donors (Lipinski definition) is 2. The van der Waals surface area contributed by atoms with Gasteiger partial charge in [0, 0.05) is 29.1 Å². The van der Waals surface area contributed by atoms with Gasteiger partial charge in [-0.05, 0) is 72.6 Å². The molecule has 0 aliphatic heterocycles. The molecule has 0 fully saturated rings. The molecule has 2 N–H and O–H groups in total. The molecule has 210 valence electrons. The summed E-state index contributed by atoms with van der Waals surface area (Å²) in [7, 11) is 0. The molecule has 0 saturated carbocycles. The number of nitrogens with zero attached hydrogens (tertiary/aromatic N) is 2. The van der Waals surface area contributed by atoms with Crippen molar-refractivity contribution in [3.63, 3.8) is 0 Å². The van der Waals surface area contributed by atoms with E-state index < -0.39 is 23.6 Å². The maximum atomic E-state index is 13.4. The summed E-state index contributed by atoms with van der Waals surface area (Å²) in [6.07, 6.45) is -0.827. The van der Waals surface area contributed by atoms with Crippen LogP contribution in [0.15, 0.2) is 60.2 Å². The summed E-state index contributed by atoms with van der Waals surface area (Å²) >= 11 is 5.91. The van der Waals surface area contributed by atoms with Gasteiger partial charge in [-0.1, -0.05) is 49.7 Å². The van der Waals surface area contributed by atoms with E-state index >= 15 is 0 Å². The lowest BCUT2D eigenvalue weighted by molar-refractivity contribution is -0.138. The standard InChI is InChI=1S/C30H29ClF3N3O3/c1-17(13-27(38)39)3-11-25-28(20-6-10-23(18(2)14-20)30(32,33)34)37-24-12-7-21(15-26(24)36-25)29(40)35-16-19-4-8-22(31)9-5-19/h4-10,12,15,17-18H,3,11,13-14,16H2,1-2H3,(H,35,40)(H,38,39). The summed E-state index contributed by atoms with van der Waals surface area (Å²) in [6.45, 7) is 3.67. The van der Waals surface area contributed by atoms with Crippen LogP contribution in [0, 0.1) is 11.8 Å². The van der Waals surface area contributed by atoms with Crippen LogP contribution >= 0.6 is 11.6 Å². The highest BCUT2D eigenvalue weighted by Crippen LogP contribution is 2.40. The highest BCUT2D eigenvalue weighted by atomic mass is 35.5. The summed E-state index contributed by atoms with van der Waals surface area (Å²) in [5.41, 5.74) is 3.36. The highest BCUT2D eigenvalue weighted by Gasteiger charge is 2.38. The summed E-state index contributed by atoms with van der Waals surface area (Å²) in [5.74, 6) is -2.08. The molecule has 1 heterocycles. The average molecular weight is 572 g/mol. The average Bonchev–Trinajstić information content (AvgIpc) is 2.89. The fraction of sp³-hybridized carbons (Fsp3) is 0.333. The van der Waals surface area contributed by atoms with Gasteiger partial charge in [0.1, 0.15) is 0 Å². The number of carboxylic acids is 1. The lowest BCUT2D eigenvalue weighted by Crippen LogP contribution is -2.22. The lowest BCUT2D eigenvalue weighted by atomic mass is 9.85. The van der Waals surface area contributed by atoms with E-state index in [1.807, 2.05) is 19.1 Å². The molecule has 1 aromatic heterocycles. The van der Waals surface area contributed by atoms with E-state index in [0.29, 0.717) is 58.0 Å². The molecular formula is C30H29ClF3N3O3. The summed E-state index contributed by atoms with van der Waals surface area (Å²) in [6, 6.07) is 12.1. The number of carbonyl (C=O) groups is 2. The minimum Gasteiger partial charge on any atom is -0.481 e. The number of nitrogens with one attached hydrogen (secondary N) is 1. The molecule has 2 unspecified atom stereocenters. The van der Waals surface area contributed by atoms with Crippen LogP contribution in [0.1, 0.15) is 60.4 Å². The Bertz CT molecular complexity index is 1480. The van der Waals surface area contributed by atoms with Crippen molar-refractivity contribution in [1.82, 2.24) is 15.3 Å². The molecule has 3 aromatic rings. The third-order valence-electron chi connectivity index (χ3n) is 6.91. The molecule has 40 heavy (non-hydrogen) atoms. The zero-order valence-electron chi connectivity index (χ0n) is 22.1. The SMILES string of the molecule is CC(CCc1nc2cc(C(=O)NCc3ccc(Cl)cc3)ccc2nc1C1=CC=C(C(F)(F)F)C(C)C1)CC(=O)O. The lowest BCUT2D eigenvalue weighted by Gasteiger charge is -2.24. The summed E-state index contributed by atoms with van der Waals surface area (Å²) in [5, 5.41) is 12.6. The number of aliphatic carboxylic acids is 1. The van der Waals surface area contributed by atoms with E-state index in [0.717, 1.165) is 11.6 Å². The first-order valence-electron chi connectivity index (χ1n) is 12.9. The molecule has 1 aliphatic rings. The van der Waals surface area contributed by atoms with Gasteiger partial charge in [-0.3, -0.25) is 9.59 Å². The van der Waals surface area contributed by atoms with Gasteiger partial charge in [-0.2, -0.15) is 13.2 Å². The molecule has 4 rings (SSSR count). The number of carbonyl (C=O) groups excluding carboxylic acids is 1. The maximum absolute atomic E-state index is 13.4. The molecule has 0 bridgehead atoms. The Morgan fingerprint density at radius 3 is 2.48 bits per heavy atom. The number of aromatic nitrogens is 2. The molecule has 2 aromatic carbocycles. The Labute approximate surface area is 235 Å². The third-order valence-corrected chi connectivity index (χ3v) is 7.17.